The average molecular weight is 323 g/mol. The highest BCUT2D eigenvalue weighted by Gasteiger charge is 2.21. The topological polar surface area (TPSA) is 45.7 Å². The van der Waals surface area contributed by atoms with Crippen LogP contribution in [-0.4, -0.2) is 54.2 Å². The number of nitrogens with zero attached hydrogens (tertiary/aromatic N) is 3. The van der Waals surface area contributed by atoms with E-state index in [1.54, 1.807) is 27.6 Å². The van der Waals surface area contributed by atoms with Crippen LogP contribution in [0, 0.1) is 0 Å². The Labute approximate surface area is 131 Å². The van der Waals surface area contributed by atoms with E-state index in [0.29, 0.717) is 13.1 Å². The molecule has 21 heavy (non-hydrogen) atoms. The normalized spacial score (nSPS) is 16.1. The van der Waals surface area contributed by atoms with E-state index >= 15 is 0 Å². The van der Waals surface area contributed by atoms with Crippen LogP contribution in [0.4, 0.5) is 4.79 Å². The lowest BCUT2D eigenvalue weighted by Gasteiger charge is -2.33. The minimum Gasteiger partial charge on any atom is -0.453 e. The maximum Gasteiger partial charge on any atom is 0.409 e. The highest BCUT2D eigenvalue weighted by molar-refractivity contribution is 7.14. The number of piperazine rings is 1. The van der Waals surface area contributed by atoms with Crippen LogP contribution in [0.15, 0.2) is 22.2 Å². The zero-order valence-electron chi connectivity index (χ0n) is 11.8. The first kappa shape index (κ1) is 14.5. The Morgan fingerprint density at radius 2 is 2.14 bits per heavy atom. The van der Waals surface area contributed by atoms with Crippen LogP contribution in [0.2, 0.25) is 0 Å². The minimum absolute atomic E-state index is 0.233. The summed E-state index contributed by atoms with van der Waals surface area (Å²) in [6.07, 6.45) is -0.233. The van der Waals surface area contributed by atoms with Gasteiger partial charge < -0.3 is 9.64 Å². The molecule has 0 saturated carbocycles. The van der Waals surface area contributed by atoms with Crippen LogP contribution < -0.4 is 0 Å². The summed E-state index contributed by atoms with van der Waals surface area (Å²) < 4.78 is 4.75. The molecule has 112 valence electrons. The van der Waals surface area contributed by atoms with Gasteiger partial charge in [0.15, 0.2) is 0 Å². The first-order chi connectivity index (χ1) is 10.3. The van der Waals surface area contributed by atoms with Gasteiger partial charge in [-0.2, -0.15) is 11.3 Å². The molecule has 0 atom stereocenters. The summed E-state index contributed by atoms with van der Waals surface area (Å²) in [5.41, 5.74) is 2.31. The number of rotatable bonds is 3. The van der Waals surface area contributed by atoms with Crippen LogP contribution in [0.25, 0.3) is 10.6 Å². The number of amides is 1. The first-order valence-electron chi connectivity index (χ1n) is 6.78. The largest absolute Gasteiger partial charge is 0.453 e. The molecule has 2 aromatic rings. The Morgan fingerprint density at radius 3 is 2.81 bits per heavy atom. The predicted molar refractivity (Wildman–Crippen MR) is 84.7 cm³/mol. The predicted octanol–water partition coefficient (Wildman–Crippen LogP) is 2.76. The van der Waals surface area contributed by atoms with E-state index in [2.05, 4.69) is 27.1 Å². The maximum atomic E-state index is 11.4. The summed E-state index contributed by atoms with van der Waals surface area (Å²) >= 11 is 3.38. The first-order valence-corrected chi connectivity index (χ1v) is 8.61. The molecule has 0 bridgehead atoms. The van der Waals surface area contributed by atoms with Crippen molar-refractivity contribution in [2.45, 2.75) is 6.54 Å². The number of hydrogen-bond acceptors (Lipinski definition) is 6. The van der Waals surface area contributed by atoms with Crippen molar-refractivity contribution >= 4 is 28.8 Å². The number of methoxy groups -OCH3 is 1. The van der Waals surface area contributed by atoms with E-state index in [1.807, 2.05) is 0 Å². The van der Waals surface area contributed by atoms with E-state index in [0.717, 1.165) is 30.3 Å². The monoisotopic (exact) mass is 323 g/mol. The van der Waals surface area contributed by atoms with Crippen LogP contribution in [0.3, 0.4) is 0 Å². The molecule has 3 rings (SSSR count). The molecular weight excluding hydrogens is 306 g/mol. The fraction of sp³-hybridized carbons (Fsp3) is 0.429. The molecule has 2 aromatic heterocycles. The summed E-state index contributed by atoms with van der Waals surface area (Å²) in [6, 6.07) is 2.10. The second kappa shape index (κ2) is 6.55. The summed E-state index contributed by atoms with van der Waals surface area (Å²) in [7, 11) is 1.43. The molecule has 1 amide bonds. The van der Waals surface area contributed by atoms with Gasteiger partial charge >= 0.3 is 6.09 Å². The van der Waals surface area contributed by atoms with Crippen LogP contribution in [0.5, 0.6) is 0 Å². The number of aromatic nitrogens is 1. The zero-order chi connectivity index (χ0) is 14.7. The van der Waals surface area contributed by atoms with Crippen LogP contribution in [-0.2, 0) is 11.3 Å². The molecule has 0 N–H and O–H groups in total. The van der Waals surface area contributed by atoms with Crippen molar-refractivity contribution in [1.82, 2.24) is 14.8 Å². The molecule has 1 aliphatic heterocycles. The molecule has 0 spiro atoms. The van der Waals surface area contributed by atoms with E-state index in [1.165, 1.54) is 12.7 Å². The Kier molecular flexibility index (Phi) is 4.52. The van der Waals surface area contributed by atoms with Crippen molar-refractivity contribution in [3.05, 3.63) is 27.9 Å². The lowest BCUT2D eigenvalue weighted by Crippen LogP contribution is -2.48. The van der Waals surface area contributed by atoms with Crippen LogP contribution in [0.1, 0.15) is 5.69 Å². The fourth-order valence-electron chi connectivity index (χ4n) is 2.35. The fourth-order valence-corrected chi connectivity index (χ4v) is 3.87. The van der Waals surface area contributed by atoms with Crippen molar-refractivity contribution in [2.75, 3.05) is 33.3 Å². The highest BCUT2D eigenvalue weighted by atomic mass is 32.1. The van der Waals surface area contributed by atoms with E-state index < -0.39 is 0 Å². The quantitative estimate of drug-likeness (QED) is 0.871. The van der Waals surface area contributed by atoms with Gasteiger partial charge in [-0.15, -0.1) is 11.3 Å². The van der Waals surface area contributed by atoms with Gasteiger partial charge in [0.25, 0.3) is 0 Å². The van der Waals surface area contributed by atoms with Gasteiger partial charge in [-0.1, -0.05) is 0 Å². The van der Waals surface area contributed by atoms with E-state index in [-0.39, 0.29) is 6.09 Å². The van der Waals surface area contributed by atoms with Gasteiger partial charge in [-0.3, -0.25) is 4.90 Å². The van der Waals surface area contributed by atoms with Gasteiger partial charge in [0.2, 0.25) is 0 Å². The molecule has 0 aliphatic carbocycles. The van der Waals surface area contributed by atoms with Gasteiger partial charge in [0.1, 0.15) is 5.01 Å². The minimum atomic E-state index is -0.233. The third-order valence-corrected chi connectivity index (χ3v) is 5.13. The Balaban J connectivity index is 1.55. The van der Waals surface area contributed by atoms with E-state index in [4.69, 9.17) is 9.72 Å². The Hall–Kier alpha value is -1.44. The second-order valence-electron chi connectivity index (χ2n) is 4.89. The van der Waals surface area contributed by atoms with E-state index in [9.17, 15) is 4.79 Å². The van der Waals surface area contributed by atoms with Crippen LogP contribution >= 0.6 is 22.7 Å². The molecule has 1 fully saturated rings. The number of carbonyl (C=O) groups is 1. The molecule has 1 saturated heterocycles. The van der Waals surface area contributed by atoms with Gasteiger partial charge in [0.05, 0.1) is 12.8 Å². The van der Waals surface area contributed by atoms with Crippen molar-refractivity contribution in [3.63, 3.8) is 0 Å². The number of thiophene rings is 1. The molecule has 7 heteroatoms. The molecule has 0 unspecified atom stereocenters. The smallest absolute Gasteiger partial charge is 0.409 e. The van der Waals surface area contributed by atoms with Crippen molar-refractivity contribution in [1.29, 1.82) is 0 Å². The van der Waals surface area contributed by atoms with Crippen molar-refractivity contribution in [2.24, 2.45) is 0 Å². The Bertz CT molecular complexity index is 589. The summed E-state index contributed by atoms with van der Waals surface area (Å²) in [4.78, 5) is 20.2. The maximum absolute atomic E-state index is 11.4. The summed E-state index contributed by atoms with van der Waals surface area (Å²) in [6.45, 7) is 4.00. The van der Waals surface area contributed by atoms with Gasteiger partial charge in [0, 0.05) is 49.0 Å². The molecular formula is C14H17N3O2S2. The number of carbonyl (C=O) groups excluding carboxylic acids is 1. The number of hydrogen-bond donors (Lipinski definition) is 0. The van der Waals surface area contributed by atoms with Crippen molar-refractivity contribution < 1.29 is 9.53 Å². The summed E-state index contributed by atoms with van der Waals surface area (Å²) in [5.74, 6) is 0. The Morgan fingerprint density at radius 1 is 1.33 bits per heavy atom. The molecule has 0 radical (unpaired) electrons. The molecule has 0 aromatic carbocycles. The van der Waals surface area contributed by atoms with Gasteiger partial charge in [-0.25, -0.2) is 9.78 Å². The average Bonchev–Trinajstić information content (AvgIpc) is 3.18. The third-order valence-electron chi connectivity index (χ3n) is 3.51. The molecule has 5 nitrogen and oxygen atoms in total. The number of thiazole rings is 1. The summed E-state index contributed by atoms with van der Waals surface area (Å²) in [5, 5.41) is 7.40. The number of ether oxygens (including phenoxy) is 1. The van der Waals surface area contributed by atoms with Gasteiger partial charge in [-0.05, 0) is 11.4 Å². The molecule has 1 aliphatic rings. The highest BCUT2D eigenvalue weighted by Crippen LogP contribution is 2.26. The lowest BCUT2D eigenvalue weighted by molar-refractivity contribution is 0.0886. The lowest BCUT2D eigenvalue weighted by atomic mass is 10.3. The van der Waals surface area contributed by atoms with Crippen molar-refractivity contribution in [3.8, 4) is 10.6 Å². The second-order valence-corrected chi connectivity index (χ2v) is 6.53. The molecule has 3 heterocycles. The standard InChI is InChI=1S/C14H17N3O2S2/c1-19-14(18)17-5-3-16(4-6-17)8-12-10-21-13(15-12)11-2-7-20-9-11/h2,7,9-10H,3-6,8H2,1H3. The third kappa shape index (κ3) is 3.42. The zero-order valence-corrected chi connectivity index (χ0v) is 13.5. The SMILES string of the molecule is COC(=O)N1CCN(Cc2csc(-c3ccsc3)n2)CC1.